The van der Waals surface area contributed by atoms with Crippen molar-refractivity contribution in [1.82, 2.24) is 14.5 Å². The van der Waals surface area contributed by atoms with E-state index >= 15 is 0 Å². The summed E-state index contributed by atoms with van der Waals surface area (Å²) in [5.41, 5.74) is 6.92. The van der Waals surface area contributed by atoms with E-state index in [-0.39, 0.29) is 0 Å². The number of para-hydroxylation sites is 1. The highest BCUT2D eigenvalue weighted by atomic mass is 35.5. The van der Waals surface area contributed by atoms with Gasteiger partial charge in [0.1, 0.15) is 5.82 Å². The lowest BCUT2D eigenvalue weighted by Crippen LogP contribution is -1.99. The molecular formula is C27H22Cl2N4. The van der Waals surface area contributed by atoms with E-state index in [1.807, 2.05) is 43.5 Å². The molecule has 2 heterocycles. The Kier molecular flexibility index (Phi) is 5.79. The first-order chi connectivity index (χ1) is 16.0. The molecule has 3 aromatic carbocycles. The van der Waals surface area contributed by atoms with Crippen LogP contribution < -0.4 is 5.32 Å². The molecule has 164 valence electrons. The maximum absolute atomic E-state index is 6.23. The normalized spacial score (nSPS) is 11.2. The number of aromatic nitrogens is 3. The third kappa shape index (κ3) is 4.20. The molecule has 0 unspecified atom stereocenters. The van der Waals surface area contributed by atoms with Gasteiger partial charge in [0.2, 0.25) is 0 Å². The Bertz CT molecular complexity index is 1470. The molecule has 5 rings (SSSR count). The molecule has 6 heteroatoms. The topological polar surface area (TPSA) is 42.7 Å². The summed E-state index contributed by atoms with van der Waals surface area (Å²) in [4.78, 5) is 9.36. The van der Waals surface area contributed by atoms with Crippen LogP contribution in [0.4, 0.5) is 11.4 Å². The van der Waals surface area contributed by atoms with Gasteiger partial charge in [0.25, 0.3) is 0 Å². The maximum atomic E-state index is 6.23. The standard InChI is InChI=1S/C27H22Cl2N4/c1-3-33-13-12-19-14-18(8-11-26(19)33)22-16-30-17(2)31-27(22)21-6-4-5-7-25(21)32-20-9-10-23(28)24(29)15-20/h4-16,32H,3H2,1-2H3. The van der Waals surface area contributed by atoms with Crippen molar-refractivity contribution in [3.8, 4) is 22.4 Å². The third-order valence-corrected chi connectivity index (χ3v) is 6.45. The second-order valence-corrected chi connectivity index (χ2v) is 8.67. The van der Waals surface area contributed by atoms with E-state index in [2.05, 4.69) is 58.3 Å². The van der Waals surface area contributed by atoms with Gasteiger partial charge in [0.05, 0.1) is 15.7 Å². The highest BCUT2D eigenvalue weighted by Crippen LogP contribution is 2.37. The van der Waals surface area contributed by atoms with Crippen LogP contribution in [0.1, 0.15) is 12.7 Å². The van der Waals surface area contributed by atoms with Gasteiger partial charge >= 0.3 is 0 Å². The van der Waals surface area contributed by atoms with Crippen molar-refractivity contribution < 1.29 is 0 Å². The van der Waals surface area contributed by atoms with Crippen molar-refractivity contribution in [2.45, 2.75) is 20.4 Å². The molecule has 5 aromatic rings. The Labute approximate surface area is 202 Å². The average molecular weight is 473 g/mol. The van der Waals surface area contributed by atoms with Crippen LogP contribution in [0.2, 0.25) is 10.0 Å². The average Bonchev–Trinajstić information content (AvgIpc) is 3.24. The summed E-state index contributed by atoms with van der Waals surface area (Å²) in [5.74, 6) is 0.719. The largest absolute Gasteiger partial charge is 0.355 e. The molecule has 0 atom stereocenters. The minimum atomic E-state index is 0.505. The summed E-state index contributed by atoms with van der Waals surface area (Å²) >= 11 is 12.3. The maximum Gasteiger partial charge on any atom is 0.125 e. The summed E-state index contributed by atoms with van der Waals surface area (Å²) in [7, 11) is 0. The van der Waals surface area contributed by atoms with Gasteiger partial charge in [-0.05, 0) is 61.9 Å². The zero-order chi connectivity index (χ0) is 22.9. The lowest BCUT2D eigenvalue weighted by Gasteiger charge is -2.16. The Morgan fingerprint density at radius 2 is 1.76 bits per heavy atom. The first-order valence-electron chi connectivity index (χ1n) is 10.8. The monoisotopic (exact) mass is 472 g/mol. The molecule has 0 fully saturated rings. The highest BCUT2D eigenvalue weighted by Gasteiger charge is 2.15. The predicted molar refractivity (Wildman–Crippen MR) is 139 cm³/mol. The summed E-state index contributed by atoms with van der Waals surface area (Å²) in [6, 6.07) is 22.3. The number of hydrogen-bond acceptors (Lipinski definition) is 3. The van der Waals surface area contributed by atoms with Crippen molar-refractivity contribution in [1.29, 1.82) is 0 Å². The molecule has 0 saturated heterocycles. The van der Waals surface area contributed by atoms with Crippen LogP contribution in [0.5, 0.6) is 0 Å². The summed E-state index contributed by atoms with van der Waals surface area (Å²) < 4.78 is 2.24. The SMILES string of the molecule is CCn1ccc2cc(-c3cnc(C)nc3-c3ccccc3Nc3ccc(Cl)c(Cl)c3)ccc21. The van der Waals surface area contributed by atoms with E-state index in [0.29, 0.717) is 10.0 Å². The zero-order valence-corrected chi connectivity index (χ0v) is 19.8. The molecule has 0 amide bonds. The summed E-state index contributed by atoms with van der Waals surface area (Å²) in [6.45, 7) is 5.00. The van der Waals surface area contributed by atoms with Crippen molar-refractivity contribution >= 4 is 45.5 Å². The molecule has 4 nitrogen and oxygen atoms in total. The molecule has 0 radical (unpaired) electrons. The number of nitrogens with one attached hydrogen (secondary N) is 1. The highest BCUT2D eigenvalue weighted by molar-refractivity contribution is 6.42. The van der Waals surface area contributed by atoms with Gasteiger partial charge in [0, 0.05) is 52.3 Å². The lowest BCUT2D eigenvalue weighted by atomic mass is 9.98. The third-order valence-electron chi connectivity index (χ3n) is 5.71. The van der Waals surface area contributed by atoms with Crippen molar-refractivity contribution in [3.05, 3.63) is 95.0 Å². The van der Waals surface area contributed by atoms with E-state index in [1.165, 1.54) is 10.9 Å². The quantitative estimate of drug-likeness (QED) is 0.280. The number of hydrogen-bond donors (Lipinski definition) is 1. The number of aryl methyl sites for hydroxylation is 2. The second-order valence-electron chi connectivity index (χ2n) is 7.85. The Hall–Kier alpha value is -3.34. The molecule has 0 spiro atoms. The van der Waals surface area contributed by atoms with Crippen molar-refractivity contribution in [3.63, 3.8) is 0 Å². The van der Waals surface area contributed by atoms with E-state index in [1.54, 1.807) is 6.07 Å². The number of halogens is 2. The van der Waals surface area contributed by atoms with Gasteiger partial charge in [-0.3, -0.25) is 0 Å². The molecule has 2 aromatic heterocycles. The van der Waals surface area contributed by atoms with Crippen LogP contribution in [0, 0.1) is 6.92 Å². The Morgan fingerprint density at radius 3 is 2.58 bits per heavy atom. The zero-order valence-electron chi connectivity index (χ0n) is 18.3. The van der Waals surface area contributed by atoms with Gasteiger partial charge in [0.15, 0.2) is 0 Å². The molecule has 0 aliphatic rings. The van der Waals surface area contributed by atoms with Crippen LogP contribution in [-0.2, 0) is 6.54 Å². The molecule has 0 saturated carbocycles. The van der Waals surface area contributed by atoms with Gasteiger partial charge < -0.3 is 9.88 Å². The predicted octanol–water partition coefficient (Wildman–Crippen LogP) is 8.14. The van der Waals surface area contributed by atoms with Crippen LogP contribution in [-0.4, -0.2) is 14.5 Å². The number of fused-ring (bicyclic) bond motifs is 1. The minimum Gasteiger partial charge on any atom is -0.355 e. The Morgan fingerprint density at radius 1 is 0.909 bits per heavy atom. The van der Waals surface area contributed by atoms with E-state index < -0.39 is 0 Å². The smallest absolute Gasteiger partial charge is 0.125 e. The molecule has 0 aliphatic heterocycles. The number of anilines is 2. The molecule has 1 N–H and O–H groups in total. The van der Waals surface area contributed by atoms with Crippen molar-refractivity contribution in [2.24, 2.45) is 0 Å². The van der Waals surface area contributed by atoms with Gasteiger partial charge in [-0.2, -0.15) is 0 Å². The first-order valence-corrected chi connectivity index (χ1v) is 11.5. The number of benzene rings is 3. The molecule has 33 heavy (non-hydrogen) atoms. The minimum absolute atomic E-state index is 0.505. The lowest BCUT2D eigenvalue weighted by molar-refractivity contribution is 0.798. The first kappa shape index (κ1) is 21.5. The number of nitrogens with zero attached hydrogens (tertiary/aromatic N) is 3. The van der Waals surface area contributed by atoms with Crippen LogP contribution in [0.15, 0.2) is 79.1 Å². The van der Waals surface area contributed by atoms with E-state index in [9.17, 15) is 0 Å². The fraction of sp³-hybridized carbons (Fsp3) is 0.111. The fourth-order valence-corrected chi connectivity index (χ4v) is 4.36. The fourth-order valence-electron chi connectivity index (χ4n) is 4.06. The van der Waals surface area contributed by atoms with Gasteiger partial charge in [-0.25, -0.2) is 9.97 Å². The molecule has 0 aliphatic carbocycles. The van der Waals surface area contributed by atoms with Crippen LogP contribution in [0.3, 0.4) is 0 Å². The van der Waals surface area contributed by atoms with Gasteiger partial charge in [-0.1, -0.05) is 47.5 Å². The molecule has 0 bridgehead atoms. The number of rotatable bonds is 5. The van der Waals surface area contributed by atoms with Crippen LogP contribution in [0.25, 0.3) is 33.3 Å². The van der Waals surface area contributed by atoms with E-state index in [4.69, 9.17) is 28.2 Å². The van der Waals surface area contributed by atoms with Gasteiger partial charge in [-0.15, -0.1) is 0 Å². The van der Waals surface area contributed by atoms with E-state index in [0.717, 1.165) is 46.1 Å². The molecular weight excluding hydrogens is 451 g/mol. The summed E-state index contributed by atoms with van der Waals surface area (Å²) in [5, 5.41) is 5.70. The van der Waals surface area contributed by atoms with Crippen molar-refractivity contribution in [2.75, 3.05) is 5.32 Å². The van der Waals surface area contributed by atoms with Crippen LogP contribution >= 0.6 is 23.2 Å². The Balaban J connectivity index is 1.62. The summed E-state index contributed by atoms with van der Waals surface area (Å²) in [6.07, 6.45) is 4.03. The second kappa shape index (κ2) is 8.89.